The number of azo groups is 1. The van der Waals surface area contributed by atoms with Crippen molar-refractivity contribution < 1.29 is 28.9 Å². The largest absolute Gasteiger partial charge is 0.508 e. The van der Waals surface area contributed by atoms with Gasteiger partial charge in [0.05, 0.1) is 40.7 Å². The number of amidine groups is 1. The first-order valence-corrected chi connectivity index (χ1v) is 21.5. The third-order valence-corrected chi connectivity index (χ3v) is 10.9. The summed E-state index contributed by atoms with van der Waals surface area (Å²) in [6.07, 6.45) is 11.2. The third-order valence-electron chi connectivity index (χ3n) is 9.81. The van der Waals surface area contributed by atoms with Crippen molar-refractivity contribution in [3.8, 4) is 23.0 Å². The second kappa shape index (κ2) is 22.7. The van der Waals surface area contributed by atoms with Crippen LogP contribution in [0.4, 0.5) is 22.7 Å². The van der Waals surface area contributed by atoms with Gasteiger partial charge in [0.1, 0.15) is 17.2 Å². The number of carbonyl (C=O) groups is 2. The van der Waals surface area contributed by atoms with E-state index in [4.69, 9.17) is 65.6 Å². The van der Waals surface area contributed by atoms with Crippen molar-refractivity contribution in [3.63, 3.8) is 0 Å². The van der Waals surface area contributed by atoms with Gasteiger partial charge < -0.3 is 24.6 Å². The normalized spacial score (nSPS) is 15.1. The van der Waals surface area contributed by atoms with Crippen LogP contribution in [-0.2, 0) is 9.59 Å². The molecule has 3 N–H and O–H groups in total. The minimum absolute atomic E-state index is 0.0431. The minimum atomic E-state index is -1.30. The Morgan fingerprint density at radius 1 is 0.833 bits per heavy atom. The number of benzene rings is 4. The highest BCUT2D eigenvalue weighted by molar-refractivity contribution is 6.43. The Morgan fingerprint density at radius 3 is 2.15 bits per heavy atom. The van der Waals surface area contributed by atoms with Gasteiger partial charge in [0.15, 0.2) is 23.4 Å². The highest BCUT2D eigenvalue weighted by Crippen LogP contribution is 2.39. The molecule has 0 aliphatic carbocycles. The lowest BCUT2D eigenvalue weighted by atomic mass is 10.0. The van der Waals surface area contributed by atoms with Gasteiger partial charge in [-0.15, -0.1) is 0 Å². The SMILES string of the molecule is CCCCCCCCCCCCC(Oc1ccc(O)c(C)c1)C(=O)Nc1ccc(Cl)c(N=C2NN(c3c(Cl)cc(Cl)cc3Cl)C(=O)C2N=Nc2ccc(OC)c(OC)c2)c1. The molecule has 2 unspecified atom stereocenters. The number of nitrogens with one attached hydrogen (secondary N) is 2. The number of aryl methyl sites for hydroxylation is 1. The van der Waals surface area contributed by atoms with Crippen molar-refractivity contribution in [2.24, 2.45) is 15.2 Å². The van der Waals surface area contributed by atoms with Crippen LogP contribution in [0.25, 0.3) is 0 Å². The fourth-order valence-electron chi connectivity index (χ4n) is 6.54. The number of phenols is 1. The van der Waals surface area contributed by atoms with Crippen LogP contribution in [0.15, 0.2) is 82.0 Å². The quantitative estimate of drug-likeness (QED) is 0.0557. The highest BCUT2D eigenvalue weighted by Gasteiger charge is 2.41. The van der Waals surface area contributed by atoms with E-state index in [2.05, 4.69) is 27.9 Å². The van der Waals surface area contributed by atoms with Gasteiger partial charge in [-0.05, 0) is 86.0 Å². The van der Waals surface area contributed by atoms with E-state index in [1.165, 1.54) is 64.9 Å². The summed E-state index contributed by atoms with van der Waals surface area (Å²) in [6.45, 7) is 3.99. The van der Waals surface area contributed by atoms with E-state index in [1.807, 2.05) is 0 Å². The Bertz CT molecular complexity index is 2160. The molecule has 16 heteroatoms. The van der Waals surface area contributed by atoms with Gasteiger partial charge in [0, 0.05) is 16.8 Å². The molecule has 1 aliphatic rings. The number of methoxy groups -OCH3 is 2. The summed E-state index contributed by atoms with van der Waals surface area (Å²) in [5.41, 5.74) is 4.71. The third kappa shape index (κ3) is 12.6. The number of hydrazine groups is 1. The number of halogens is 4. The molecule has 320 valence electrons. The Balaban J connectivity index is 1.38. The number of carbonyl (C=O) groups excluding carboxylic acids is 2. The van der Waals surface area contributed by atoms with Crippen LogP contribution < -0.4 is 30.0 Å². The maximum atomic E-state index is 14.0. The van der Waals surface area contributed by atoms with Crippen molar-refractivity contribution in [2.45, 2.75) is 96.6 Å². The summed E-state index contributed by atoms with van der Waals surface area (Å²) in [4.78, 5) is 32.6. The molecule has 2 amide bonds. The Morgan fingerprint density at radius 2 is 1.50 bits per heavy atom. The Kier molecular flexibility index (Phi) is 17.6. The van der Waals surface area contributed by atoms with Gasteiger partial charge in [0.2, 0.25) is 6.04 Å². The van der Waals surface area contributed by atoms with E-state index in [0.717, 1.165) is 30.7 Å². The van der Waals surface area contributed by atoms with E-state index >= 15 is 0 Å². The molecule has 1 aliphatic heterocycles. The lowest BCUT2D eigenvalue weighted by molar-refractivity contribution is -0.123. The number of hydrogen-bond donors (Lipinski definition) is 3. The van der Waals surface area contributed by atoms with Gasteiger partial charge >= 0.3 is 0 Å². The number of hydrogen-bond acceptors (Lipinski definition) is 9. The monoisotopic (exact) mass is 898 g/mol. The highest BCUT2D eigenvalue weighted by atomic mass is 35.5. The predicted octanol–water partition coefficient (Wildman–Crippen LogP) is 12.8. The number of rotatable bonds is 21. The topological polar surface area (TPSA) is 146 Å². The number of unbranched alkanes of at least 4 members (excludes halogenated alkanes) is 9. The molecule has 0 saturated carbocycles. The van der Waals surface area contributed by atoms with Crippen LogP contribution in [0, 0.1) is 6.92 Å². The second-order valence-corrected chi connectivity index (χ2v) is 16.0. The predicted molar refractivity (Wildman–Crippen MR) is 241 cm³/mol. The number of amides is 2. The van der Waals surface area contributed by atoms with Crippen LogP contribution >= 0.6 is 46.4 Å². The average Bonchev–Trinajstić information content (AvgIpc) is 3.52. The molecule has 1 fully saturated rings. The zero-order valence-corrected chi connectivity index (χ0v) is 37.1. The standard InChI is InChI=1S/C44H50Cl4N6O6/c1-5-6-7-8-9-10-11-12-13-14-15-38(60-31-18-20-36(55)27(2)22-31)43(56)49-29-16-19-32(46)35(25-29)50-42-40(52-51-30-17-21-37(58-3)39(26-30)59-4)44(57)54(53-42)41-33(47)23-28(45)24-34(41)48/h16-26,38,40,55H,5-15H2,1-4H3,(H,49,56)(H,50,53). The number of anilines is 2. The van der Waals surface area contributed by atoms with Gasteiger partial charge in [-0.25, -0.2) is 10.0 Å². The van der Waals surface area contributed by atoms with Crippen LogP contribution in [0.2, 0.25) is 20.1 Å². The fourth-order valence-corrected chi connectivity index (χ4v) is 7.69. The van der Waals surface area contributed by atoms with Crippen molar-refractivity contribution in [3.05, 3.63) is 92.4 Å². The maximum Gasteiger partial charge on any atom is 0.280 e. The number of aromatic hydroxyl groups is 1. The molecular weight excluding hydrogens is 850 g/mol. The minimum Gasteiger partial charge on any atom is -0.508 e. The van der Waals surface area contributed by atoms with E-state index in [-0.39, 0.29) is 49.0 Å². The summed E-state index contributed by atoms with van der Waals surface area (Å²) >= 11 is 25.9. The van der Waals surface area contributed by atoms with Crippen LogP contribution in [0.1, 0.15) is 83.1 Å². The second-order valence-electron chi connectivity index (χ2n) is 14.3. The van der Waals surface area contributed by atoms with Crippen molar-refractivity contribution in [1.29, 1.82) is 0 Å². The van der Waals surface area contributed by atoms with Crippen molar-refractivity contribution in [2.75, 3.05) is 24.5 Å². The van der Waals surface area contributed by atoms with E-state index < -0.39 is 18.1 Å². The summed E-state index contributed by atoms with van der Waals surface area (Å²) in [5.74, 6) is 0.592. The van der Waals surface area contributed by atoms with Crippen molar-refractivity contribution in [1.82, 2.24) is 5.43 Å². The molecule has 0 radical (unpaired) electrons. The average molecular weight is 901 g/mol. The van der Waals surface area contributed by atoms with Gasteiger partial charge in [-0.1, -0.05) is 111 Å². The zero-order valence-electron chi connectivity index (χ0n) is 34.1. The molecule has 60 heavy (non-hydrogen) atoms. The van der Waals surface area contributed by atoms with E-state index in [1.54, 1.807) is 61.5 Å². The molecule has 0 bridgehead atoms. The lowest BCUT2D eigenvalue weighted by Gasteiger charge is -2.20. The molecule has 0 aromatic heterocycles. The van der Waals surface area contributed by atoms with Gasteiger partial charge in [-0.3, -0.25) is 15.0 Å². The summed E-state index contributed by atoms with van der Waals surface area (Å²) in [6, 6.07) is 16.2. The number of ether oxygens (including phenoxy) is 3. The fraction of sp³-hybridized carbons (Fsp3) is 0.386. The number of aliphatic imine (C=N–C) groups is 1. The molecule has 4 aromatic carbocycles. The zero-order chi connectivity index (χ0) is 43.2. The lowest BCUT2D eigenvalue weighted by Crippen LogP contribution is -2.36. The van der Waals surface area contributed by atoms with Crippen molar-refractivity contribution >= 4 is 86.8 Å². The first-order valence-electron chi connectivity index (χ1n) is 20.0. The van der Waals surface area contributed by atoms with Crippen LogP contribution in [0.3, 0.4) is 0 Å². The molecular formula is C44H50Cl4N6O6. The van der Waals surface area contributed by atoms with E-state index in [0.29, 0.717) is 40.6 Å². The Hall–Kier alpha value is -4.75. The van der Waals surface area contributed by atoms with Crippen LogP contribution in [-0.4, -0.2) is 49.1 Å². The number of phenolic OH excluding ortho intramolecular Hbond substituents is 1. The molecule has 12 nitrogen and oxygen atoms in total. The Labute approximate surface area is 371 Å². The molecule has 2 atom stereocenters. The molecule has 0 spiro atoms. The summed E-state index contributed by atoms with van der Waals surface area (Å²) < 4.78 is 17.0. The summed E-state index contributed by atoms with van der Waals surface area (Å²) in [7, 11) is 3.01. The first kappa shape index (κ1) is 46.3. The van der Waals surface area contributed by atoms with E-state index in [9.17, 15) is 14.7 Å². The molecule has 5 rings (SSSR count). The summed E-state index contributed by atoms with van der Waals surface area (Å²) in [5, 5.41) is 23.5. The smallest absolute Gasteiger partial charge is 0.280 e. The molecule has 1 saturated heterocycles. The molecule has 1 heterocycles. The van der Waals surface area contributed by atoms with Gasteiger partial charge in [0.25, 0.3) is 11.8 Å². The number of nitrogens with zero attached hydrogens (tertiary/aromatic N) is 4. The van der Waals surface area contributed by atoms with Gasteiger partial charge in [-0.2, -0.15) is 10.2 Å². The maximum absolute atomic E-state index is 14.0. The first-order chi connectivity index (χ1) is 28.9. The molecule has 4 aromatic rings. The van der Waals surface area contributed by atoms with Crippen LogP contribution in [0.5, 0.6) is 23.0 Å².